The highest BCUT2D eigenvalue weighted by molar-refractivity contribution is 8.14. The van der Waals surface area contributed by atoms with Gasteiger partial charge in [-0.25, -0.2) is 31.1 Å². The summed E-state index contributed by atoms with van der Waals surface area (Å²) in [7, 11) is 1.67. The van der Waals surface area contributed by atoms with Gasteiger partial charge in [0, 0.05) is 113 Å². The lowest BCUT2D eigenvalue weighted by molar-refractivity contribution is 0.0983. The van der Waals surface area contributed by atoms with Crippen LogP contribution in [0.15, 0.2) is 49.3 Å². The Labute approximate surface area is 362 Å². The Morgan fingerprint density at radius 1 is 0.738 bits per heavy atom. The molecule has 0 aliphatic carbocycles. The molecule has 0 atom stereocenters. The van der Waals surface area contributed by atoms with Crippen LogP contribution >= 0.6 is 10.7 Å². The number of sulfonamides is 1. The zero-order valence-corrected chi connectivity index (χ0v) is 37.7. The molecule has 4 saturated heterocycles. The number of ether oxygens (including phenoxy) is 2. The molecular weight excluding hydrogens is 848 g/mol. The number of nitrogens with one attached hydrogen (secondary N) is 1. The topological polar surface area (TPSA) is 248 Å². The molecule has 4 aliphatic heterocycles. The number of piperidine rings is 2. The monoisotopic (exact) mass is 906 g/mol. The van der Waals surface area contributed by atoms with Gasteiger partial charge in [0.25, 0.3) is 0 Å². The van der Waals surface area contributed by atoms with Crippen molar-refractivity contribution >= 4 is 64.7 Å². The number of aromatic nitrogens is 8. The van der Waals surface area contributed by atoms with Crippen LogP contribution in [-0.4, -0.2) is 131 Å². The normalized spacial score (nSPS) is 19.9. The molecule has 0 unspecified atom stereocenters. The summed E-state index contributed by atoms with van der Waals surface area (Å²) in [6, 6.07) is 3.75. The molecule has 0 bridgehead atoms. The molecule has 0 saturated carbocycles. The highest BCUT2D eigenvalue weighted by atomic mass is 35.7. The molecule has 5 N–H and O–H groups in total. The number of nitrogens with two attached hydrogens (primary N) is 2. The zero-order chi connectivity index (χ0) is 43.8. The van der Waals surface area contributed by atoms with E-state index in [0.29, 0.717) is 69.6 Å². The van der Waals surface area contributed by atoms with Crippen LogP contribution in [0.2, 0.25) is 0 Å². The van der Waals surface area contributed by atoms with E-state index in [1.54, 1.807) is 41.2 Å². The second-order valence-corrected chi connectivity index (χ2v) is 21.5. The van der Waals surface area contributed by atoms with Crippen molar-refractivity contribution in [2.75, 3.05) is 72.0 Å². The molecule has 336 valence electrons. The maximum atomic E-state index is 13.6. The van der Waals surface area contributed by atoms with Gasteiger partial charge in [-0.3, -0.25) is 9.36 Å². The Bertz CT molecular complexity index is 2240. The van der Waals surface area contributed by atoms with Crippen LogP contribution in [0.5, 0.6) is 0 Å². The van der Waals surface area contributed by atoms with Gasteiger partial charge in [-0.2, -0.15) is 20.2 Å². The van der Waals surface area contributed by atoms with Crippen LogP contribution in [-0.2, 0) is 42.6 Å². The van der Waals surface area contributed by atoms with Gasteiger partial charge in [-0.15, -0.1) is 0 Å². The van der Waals surface area contributed by atoms with Gasteiger partial charge in [0.05, 0.1) is 34.3 Å². The van der Waals surface area contributed by atoms with Crippen LogP contribution in [0.1, 0.15) is 65.2 Å². The fourth-order valence-electron chi connectivity index (χ4n) is 7.28. The number of rotatable bonds is 9. The van der Waals surface area contributed by atoms with E-state index in [4.69, 9.17) is 31.6 Å². The summed E-state index contributed by atoms with van der Waals surface area (Å²) in [6.45, 7) is 9.43. The first-order chi connectivity index (χ1) is 28.9. The fraction of sp³-hybridized carbons (Fsp3) is 0.632. The first-order valence-corrected chi connectivity index (χ1v) is 24.4. The minimum Gasteiger partial charge on any atom is -0.381 e. The van der Waals surface area contributed by atoms with Crippen LogP contribution in [0, 0.1) is 0 Å². The van der Waals surface area contributed by atoms with E-state index >= 15 is 0 Å². The van der Waals surface area contributed by atoms with E-state index in [1.807, 2.05) is 25.4 Å². The van der Waals surface area contributed by atoms with Crippen LogP contribution < -0.4 is 30.9 Å². The molecule has 4 aliphatic rings. The van der Waals surface area contributed by atoms with E-state index < -0.39 is 24.3 Å². The van der Waals surface area contributed by atoms with Crippen molar-refractivity contribution in [3.8, 4) is 0 Å². The summed E-state index contributed by atoms with van der Waals surface area (Å²) >= 11 is 0. The van der Waals surface area contributed by atoms with E-state index in [9.17, 15) is 16.8 Å². The third kappa shape index (κ3) is 12.9. The Hall–Kier alpha value is -4.19. The van der Waals surface area contributed by atoms with Crippen LogP contribution in [0.4, 0.5) is 34.9 Å². The third-order valence-corrected chi connectivity index (χ3v) is 15.4. The first kappa shape index (κ1) is 46.3. The predicted molar refractivity (Wildman–Crippen MR) is 235 cm³/mol. The molecule has 20 nitrogen and oxygen atoms in total. The second kappa shape index (κ2) is 19.9. The molecule has 4 fully saturated rings. The molecule has 0 aromatic carbocycles. The van der Waals surface area contributed by atoms with Gasteiger partial charge in [0.2, 0.25) is 31.0 Å². The largest absolute Gasteiger partial charge is 0.381 e. The highest BCUT2D eigenvalue weighted by Gasteiger charge is 2.37. The van der Waals surface area contributed by atoms with Crippen molar-refractivity contribution in [2.45, 2.75) is 86.8 Å². The molecule has 0 amide bonds. The third-order valence-electron chi connectivity index (χ3n) is 11.2. The van der Waals surface area contributed by atoms with Gasteiger partial charge in [-0.1, -0.05) is 0 Å². The van der Waals surface area contributed by atoms with Crippen LogP contribution in [0.3, 0.4) is 0 Å². The average molecular weight is 908 g/mol. The maximum absolute atomic E-state index is 13.6. The number of hydrogen-bond donors (Lipinski definition) is 3. The van der Waals surface area contributed by atoms with E-state index in [2.05, 4.69) is 59.1 Å². The quantitative estimate of drug-likeness (QED) is 0.204. The summed E-state index contributed by atoms with van der Waals surface area (Å²) in [5.41, 5.74) is 13.5. The number of hydrogen-bond acceptors (Lipinski definition) is 17. The van der Waals surface area contributed by atoms with Crippen molar-refractivity contribution in [2.24, 2.45) is 25.6 Å². The van der Waals surface area contributed by atoms with Crippen molar-refractivity contribution < 1.29 is 26.3 Å². The molecule has 23 heteroatoms. The molecule has 61 heavy (non-hydrogen) atoms. The summed E-state index contributed by atoms with van der Waals surface area (Å²) in [5.74, 6) is 2.35. The number of aryl methyl sites for hydroxylation is 2. The Morgan fingerprint density at radius 3 is 1.70 bits per heavy atom. The molecule has 8 heterocycles. The highest BCUT2D eigenvalue weighted by Crippen LogP contribution is 2.33. The SMILES string of the molecule is Cn1cc(N(c2nccc(N3CCC(C)(N)CC3)n2)S(=O)(=O)C2CCOCC2)cn1.Cn1cc(Nc2nccc(N3CCC(C)(N)CC3)n2)cn1.O=S(=O)(Cl)C1CCOCC1. The maximum Gasteiger partial charge on any atom is 0.246 e. The minimum atomic E-state index is -3.75. The fourth-order valence-corrected chi connectivity index (χ4v) is 10.4. The van der Waals surface area contributed by atoms with E-state index in [0.717, 1.165) is 63.4 Å². The lowest BCUT2D eigenvalue weighted by Crippen LogP contribution is -2.48. The van der Waals surface area contributed by atoms with E-state index in [-0.39, 0.29) is 22.3 Å². The number of halogens is 1. The van der Waals surface area contributed by atoms with Gasteiger partial charge < -0.3 is 36.1 Å². The number of anilines is 6. The van der Waals surface area contributed by atoms with E-state index in [1.165, 1.54) is 10.5 Å². The van der Waals surface area contributed by atoms with Crippen molar-refractivity contribution in [3.63, 3.8) is 0 Å². The van der Waals surface area contributed by atoms with Crippen LogP contribution in [0.25, 0.3) is 0 Å². The summed E-state index contributed by atoms with van der Waals surface area (Å²) in [5, 5.41) is 10.5. The average Bonchev–Trinajstić information content (AvgIpc) is 3.85. The minimum absolute atomic E-state index is 0.0552. The Morgan fingerprint density at radius 2 is 1.23 bits per heavy atom. The van der Waals surface area contributed by atoms with Gasteiger partial charge in [-0.05, 0) is 77.3 Å². The summed E-state index contributed by atoms with van der Waals surface area (Å²) in [6.07, 6.45) is 15.8. The molecular formula is C38H59ClN14O6S2. The molecule has 4 aromatic rings. The molecule has 0 spiro atoms. The standard InChI is InChI=1S/C19H29N7O3S.C14H21N7.C5H9ClO3S/c1-19(20)6-9-25(10-7-19)17-3-8-21-18(23-17)26(15-13-22-24(2)14-15)30(27,28)16-4-11-29-12-5-16;1-14(15)4-7-21(8-5-14)12-3-6-16-13(19-12)18-11-9-17-20(2)10-11;6-10(7,8)5-1-3-9-4-2-5/h3,8,13-14,16H,4-7,9-12,20H2,1-2H3;3,6,9-10H,4-5,7-8,15H2,1-2H3,(H,16,18,19);5H,1-4H2. The smallest absolute Gasteiger partial charge is 0.246 e. The van der Waals surface area contributed by atoms with Crippen molar-refractivity contribution in [1.82, 2.24) is 39.5 Å². The molecule has 8 rings (SSSR count). The van der Waals surface area contributed by atoms with Gasteiger partial charge in [0.1, 0.15) is 11.6 Å². The van der Waals surface area contributed by atoms with Crippen molar-refractivity contribution in [3.05, 3.63) is 49.3 Å². The zero-order valence-electron chi connectivity index (χ0n) is 35.3. The lowest BCUT2D eigenvalue weighted by Gasteiger charge is -2.37. The molecule has 0 radical (unpaired) electrons. The number of nitrogens with zero attached hydrogens (tertiary/aromatic N) is 11. The summed E-state index contributed by atoms with van der Waals surface area (Å²) < 4.78 is 63.4. The summed E-state index contributed by atoms with van der Waals surface area (Å²) in [4.78, 5) is 22.2. The second-order valence-electron chi connectivity index (χ2n) is 16.5. The van der Waals surface area contributed by atoms with Crippen molar-refractivity contribution in [1.29, 1.82) is 0 Å². The first-order valence-electron chi connectivity index (χ1n) is 20.5. The molecule has 4 aromatic heterocycles. The lowest BCUT2D eigenvalue weighted by atomic mass is 9.91. The Kier molecular flexibility index (Phi) is 15.1. The predicted octanol–water partition coefficient (Wildman–Crippen LogP) is 3.18. The Balaban J connectivity index is 0.000000173. The van der Waals surface area contributed by atoms with Gasteiger partial charge in [0.15, 0.2) is 0 Å². The van der Waals surface area contributed by atoms with Gasteiger partial charge >= 0.3 is 0 Å².